The van der Waals surface area contributed by atoms with Crippen LogP contribution in [0.4, 0.5) is 11.4 Å². The number of anilines is 2. The highest BCUT2D eigenvalue weighted by Crippen LogP contribution is 2.53. The molecule has 3 atom stereocenters. The fraction of sp³-hybridized carbons (Fsp3) is 0.429. The van der Waals surface area contributed by atoms with Crippen LogP contribution in [0.2, 0.25) is 0 Å². The minimum Gasteiger partial charge on any atom is -0.396 e. The lowest BCUT2D eigenvalue weighted by molar-refractivity contribution is -0.146. The average Bonchev–Trinajstić information content (AvgIpc) is 3.55. The monoisotopic (exact) mass is 501 g/mol. The Morgan fingerprint density at radius 3 is 2.68 bits per heavy atom. The Kier molecular flexibility index (Phi) is 6.04. The van der Waals surface area contributed by atoms with Crippen molar-refractivity contribution in [3.8, 4) is 0 Å². The Hall–Kier alpha value is -3.56. The summed E-state index contributed by atoms with van der Waals surface area (Å²) in [5.41, 5.74) is 3.51. The molecule has 0 saturated carbocycles. The van der Waals surface area contributed by atoms with Crippen LogP contribution in [0, 0.1) is 5.92 Å². The van der Waals surface area contributed by atoms with Crippen molar-refractivity contribution in [3.63, 3.8) is 0 Å². The van der Waals surface area contributed by atoms with E-state index in [0.717, 1.165) is 47.6 Å². The molecule has 0 bridgehead atoms. The van der Waals surface area contributed by atoms with Crippen molar-refractivity contribution in [2.75, 3.05) is 23.0 Å². The number of aliphatic hydroxyl groups is 1. The van der Waals surface area contributed by atoms with E-state index in [1.165, 1.54) is 0 Å². The quantitative estimate of drug-likeness (QED) is 0.477. The SMILES string of the molecule is C[C@H]1C[C@@H](CCn2cc(CCO)nn2)O[C@]12C(=O)N(Cc1ccc(N3CCC3=O)cc1)c1ccccc12. The van der Waals surface area contributed by atoms with Crippen molar-refractivity contribution in [1.29, 1.82) is 0 Å². The molecular weight excluding hydrogens is 470 g/mol. The molecule has 1 aromatic heterocycles. The summed E-state index contributed by atoms with van der Waals surface area (Å²) in [7, 11) is 0. The van der Waals surface area contributed by atoms with E-state index in [9.17, 15) is 9.59 Å². The topological polar surface area (TPSA) is 101 Å². The first-order valence-corrected chi connectivity index (χ1v) is 13.0. The summed E-state index contributed by atoms with van der Waals surface area (Å²) in [6.45, 7) is 3.99. The molecule has 1 spiro atoms. The van der Waals surface area contributed by atoms with Gasteiger partial charge < -0.3 is 19.6 Å². The molecule has 2 fully saturated rings. The minimum atomic E-state index is -0.990. The number of aromatic nitrogens is 3. The van der Waals surface area contributed by atoms with E-state index in [4.69, 9.17) is 9.84 Å². The van der Waals surface area contributed by atoms with Crippen LogP contribution in [-0.4, -0.2) is 51.2 Å². The highest BCUT2D eigenvalue weighted by atomic mass is 16.5. The first-order valence-electron chi connectivity index (χ1n) is 13.0. The predicted octanol–water partition coefficient (Wildman–Crippen LogP) is 2.81. The summed E-state index contributed by atoms with van der Waals surface area (Å²) in [6.07, 6.45) is 4.37. The van der Waals surface area contributed by atoms with E-state index in [-0.39, 0.29) is 30.4 Å². The molecule has 2 aromatic carbocycles. The zero-order valence-electron chi connectivity index (χ0n) is 20.9. The van der Waals surface area contributed by atoms with Gasteiger partial charge in [0.1, 0.15) is 0 Å². The summed E-state index contributed by atoms with van der Waals surface area (Å²) >= 11 is 0. The van der Waals surface area contributed by atoms with E-state index in [1.807, 2.05) is 59.6 Å². The Balaban J connectivity index is 1.20. The van der Waals surface area contributed by atoms with Gasteiger partial charge in [-0.2, -0.15) is 0 Å². The van der Waals surface area contributed by atoms with Gasteiger partial charge in [-0.05, 0) is 36.6 Å². The van der Waals surface area contributed by atoms with Gasteiger partial charge >= 0.3 is 0 Å². The molecule has 2 amide bonds. The van der Waals surface area contributed by atoms with E-state index >= 15 is 0 Å². The van der Waals surface area contributed by atoms with Crippen LogP contribution < -0.4 is 9.80 Å². The number of benzene rings is 2. The van der Waals surface area contributed by atoms with Crippen molar-refractivity contribution in [3.05, 3.63) is 71.5 Å². The maximum Gasteiger partial charge on any atom is 0.264 e. The minimum absolute atomic E-state index is 0.0170. The Morgan fingerprint density at radius 2 is 1.95 bits per heavy atom. The second-order valence-corrected chi connectivity index (χ2v) is 10.2. The molecular formula is C28H31N5O4. The van der Waals surface area contributed by atoms with Crippen LogP contribution in [0.3, 0.4) is 0 Å². The van der Waals surface area contributed by atoms with Crippen LogP contribution in [-0.2, 0) is 39.4 Å². The molecule has 0 radical (unpaired) electrons. The predicted molar refractivity (Wildman–Crippen MR) is 137 cm³/mol. The summed E-state index contributed by atoms with van der Waals surface area (Å²) in [5, 5.41) is 17.3. The lowest BCUT2D eigenvalue weighted by Crippen LogP contribution is -2.44. The van der Waals surface area contributed by atoms with Crippen molar-refractivity contribution in [2.24, 2.45) is 5.92 Å². The molecule has 0 aliphatic carbocycles. The van der Waals surface area contributed by atoms with Gasteiger partial charge in [0.15, 0.2) is 5.60 Å². The number of aliphatic hydroxyl groups excluding tert-OH is 1. The van der Waals surface area contributed by atoms with Crippen molar-refractivity contribution >= 4 is 23.2 Å². The third-order valence-corrected chi connectivity index (χ3v) is 7.89. The molecule has 37 heavy (non-hydrogen) atoms. The van der Waals surface area contributed by atoms with Crippen molar-refractivity contribution < 1.29 is 19.4 Å². The van der Waals surface area contributed by atoms with E-state index in [2.05, 4.69) is 17.2 Å². The average molecular weight is 502 g/mol. The van der Waals surface area contributed by atoms with Crippen LogP contribution in [0.5, 0.6) is 0 Å². The summed E-state index contributed by atoms with van der Waals surface area (Å²) in [6, 6.07) is 15.8. The summed E-state index contributed by atoms with van der Waals surface area (Å²) in [4.78, 5) is 29.5. The number of hydrogen-bond donors (Lipinski definition) is 1. The van der Waals surface area contributed by atoms with Gasteiger partial charge in [-0.25, -0.2) is 0 Å². The largest absolute Gasteiger partial charge is 0.396 e. The molecule has 2 saturated heterocycles. The standard InChI is InChI=1S/C28H31N5O4/c1-19-16-23(10-13-31-18-21(12-15-34)29-30-31)37-28(19)24-4-2-3-5-25(24)33(27(28)36)17-20-6-8-22(9-7-20)32-14-11-26(32)35/h2-9,18-19,23,34H,10-17H2,1H3/t19-,23+,28+/m0/s1. The number of fused-ring (bicyclic) bond motifs is 2. The fourth-order valence-electron chi connectivity index (χ4n) is 5.86. The van der Waals surface area contributed by atoms with Crippen LogP contribution in [0.1, 0.15) is 43.0 Å². The van der Waals surface area contributed by atoms with Crippen molar-refractivity contribution in [2.45, 2.75) is 57.4 Å². The van der Waals surface area contributed by atoms with E-state index < -0.39 is 5.60 Å². The third kappa shape index (κ3) is 4.02. The van der Waals surface area contributed by atoms with Crippen molar-refractivity contribution in [1.82, 2.24) is 15.0 Å². The van der Waals surface area contributed by atoms with Gasteiger partial charge in [0.25, 0.3) is 5.91 Å². The van der Waals surface area contributed by atoms with Gasteiger partial charge in [-0.3, -0.25) is 14.3 Å². The molecule has 0 unspecified atom stereocenters. The third-order valence-electron chi connectivity index (χ3n) is 7.89. The van der Waals surface area contributed by atoms with Crippen LogP contribution in [0.15, 0.2) is 54.7 Å². The highest BCUT2D eigenvalue weighted by molar-refractivity contribution is 6.07. The number of aryl methyl sites for hydroxylation is 1. The Labute approximate surface area is 215 Å². The van der Waals surface area contributed by atoms with Crippen LogP contribution >= 0.6 is 0 Å². The van der Waals surface area contributed by atoms with Crippen LogP contribution in [0.25, 0.3) is 0 Å². The van der Waals surface area contributed by atoms with Gasteiger partial charge in [0.2, 0.25) is 5.91 Å². The normalized spacial score (nSPS) is 24.7. The number of nitrogens with zero attached hydrogens (tertiary/aromatic N) is 5. The number of ether oxygens (including phenoxy) is 1. The van der Waals surface area contributed by atoms with Gasteiger partial charge in [-0.15, -0.1) is 5.10 Å². The zero-order chi connectivity index (χ0) is 25.6. The highest BCUT2D eigenvalue weighted by Gasteiger charge is 2.59. The Bertz CT molecular complexity index is 1320. The molecule has 4 heterocycles. The summed E-state index contributed by atoms with van der Waals surface area (Å²) in [5.74, 6) is 0.156. The lowest BCUT2D eigenvalue weighted by atomic mass is 9.83. The summed E-state index contributed by atoms with van der Waals surface area (Å²) < 4.78 is 8.43. The molecule has 9 heteroatoms. The number of rotatable bonds is 8. The molecule has 3 aromatic rings. The van der Waals surface area contributed by atoms with E-state index in [1.54, 1.807) is 9.58 Å². The number of carbonyl (C=O) groups excluding carboxylic acids is 2. The number of β-lactam (4-membered cyclic amide) rings is 1. The molecule has 9 nitrogen and oxygen atoms in total. The molecule has 3 aliphatic heterocycles. The molecule has 192 valence electrons. The molecule has 3 aliphatic rings. The number of hydrogen-bond acceptors (Lipinski definition) is 6. The second-order valence-electron chi connectivity index (χ2n) is 10.2. The van der Waals surface area contributed by atoms with Gasteiger partial charge in [0, 0.05) is 55.9 Å². The van der Waals surface area contributed by atoms with E-state index in [0.29, 0.717) is 25.9 Å². The second kappa shape index (κ2) is 9.39. The molecule has 6 rings (SSSR count). The first kappa shape index (κ1) is 23.8. The maximum absolute atomic E-state index is 14.1. The number of para-hydroxylation sites is 1. The number of carbonyl (C=O) groups is 2. The maximum atomic E-state index is 14.1. The lowest BCUT2D eigenvalue weighted by Gasteiger charge is -2.31. The fourth-order valence-corrected chi connectivity index (χ4v) is 5.86. The van der Waals surface area contributed by atoms with Gasteiger partial charge in [-0.1, -0.05) is 42.5 Å². The molecule has 1 N–H and O–H groups in total. The zero-order valence-corrected chi connectivity index (χ0v) is 20.9. The first-order chi connectivity index (χ1) is 18.0. The number of amides is 2. The Morgan fingerprint density at radius 1 is 1.14 bits per heavy atom. The van der Waals surface area contributed by atoms with Gasteiger partial charge in [0.05, 0.1) is 24.0 Å². The smallest absolute Gasteiger partial charge is 0.264 e.